The average Bonchev–Trinajstić information content (AvgIpc) is 2.58. The van der Waals surface area contributed by atoms with E-state index in [1.807, 2.05) is 49.4 Å². The Morgan fingerprint density at radius 1 is 1.04 bits per heavy atom. The molecule has 0 saturated heterocycles. The third-order valence-electron chi connectivity index (χ3n) is 3.38. The molecule has 0 aliphatic heterocycles. The monoisotopic (exact) mass is 468 g/mol. The van der Waals surface area contributed by atoms with Gasteiger partial charge in [0.15, 0.2) is 0 Å². The van der Waals surface area contributed by atoms with Crippen LogP contribution in [0.2, 0.25) is 0 Å². The first-order valence-electron chi connectivity index (χ1n) is 7.79. The Kier molecular flexibility index (Phi) is 7.65. The van der Waals surface area contributed by atoms with Crippen molar-refractivity contribution in [2.45, 2.75) is 26.4 Å². The zero-order valence-electron chi connectivity index (χ0n) is 13.8. The molecule has 0 aliphatic carbocycles. The Hall–Kier alpha value is -1.66. The van der Waals surface area contributed by atoms with Gasteiger partial charge in [0.2, 0.25) is 5.78 Å². The minimum atomic E-state index is -0.804. The lowest BCUT2D eigenvalue weighted by atomic mass is 10.2. The normalized spacial score (nSPS) is 10.4. The number of esters is 1. The molecule has 0 heterocycles. The fourth-order valence-corrected chi connectivity index (χ4v) is 3.78. The molecule has 0 atom stereocenters. The third kappa shape index (κ3) is 6.29. The molecule has 0 fully saturated rings. The predicted molar refractivity (Wildman–Crippen MR) is 103 cm³/mol. The van der Waals surface area contributed by atoms with Crippen molar-refractivity contribution in [2.75, 3.05) is 6.61 Å². The summed E-state index contributed by atoms with van der Waals surface area (Å²) in [5.74, 6) is -0.659. The molecule has 0 aromatic heterocycles. The van der Waals surface area contributed by atoms with Gasteiger partial charge in [0.25, 0.3) is 0 Å². The second-order valence-corrected chi connectivity index (χ2v) is 7.20. The maximum absolute atomic E-state index is 11.8. The number of aryl methyl sites for hydroxylation is 1. The van der Waals surface area contributed by atoms with Crippen molar-refractivity contribution < 1.29 is 19.1 Å². The Balaban J connectivity index is 1.72. The largest absolute Gasteiger partial charge is 0.491 e. The standard InChI is InChI=1S/C19H18Br2O4/c1-13-10-15(20)18(16(21)11-13)24-9-5-8-17(22)19(23)25-12-14-6-3-2-4-7-14/h2-4,6-7,10-11H,5,8-9,12H2,1H3. The van der Waals surface area contributed by atoms with E-state index in [4.69, 9.17) is 9.47 Å². The van der Waals surface area contributed by atoms with Crippen molar-refractivity contribution in [2.24, 2.45) is 0 Å². The lowest BCUT2D eigenvalue weighted by Crippen LogP contribution is -2.18. The molecule has 2 rings (SSSR count). The summed E-state index contributed by atoms with van der Waals surface area (Å²) in [5, 5.41) is 0. The first-order chi connectivity index (χ1) is 12.0. The van der Waals surface area contributed by atoms with E-state index in [0.29, 0.717) is 18.8 Å². The number of hydrogen-bond acceptors (Lipinski definition) is 4. The van der Waals surface area contributed by atoms with E-state index < -0.39 is 11.8 Å². The second-order valence-electron chi connectivity index (χ2n) is 5.49. The van der Waals surface area contributed by atoms with Crippen LogP contribution in [-0.2, 0) is 20.9 Å². The van der Waals surface area contributed by atoms with Gasteiger partial charge in [-0.25, -0.2) is 4.79 Å². The van der Waals surface area contributed by atoms with Crippen LogP contribution in [-0.4, -0.2) is 18.4 Å². The number of carbonyl (C=O) groups is 2. The topological polar surface area (TPSA) is 52.6 Å². The minimum absolute atomic E-state index is 0.0920. The van der Waals surface area contributed by atoms with Crippen LogP contribution in [0.4, 0.5) is 0 Å². The van der Waals surface area contributed by atoms with Crippen LogP contribution >= 0.6 is 31.9 Å². The van der Waals surface area contributed by atoms with Crippen LogP contribution < -0.4 is 4.74 Å². The molecule has 2 aromatic carbocycles. The molecule has 4 nitrogen and oxygen atoms in total. The maximum atomic E-state index is 11.8. The molecule has 0 saturated carbocycles. The Morgan fingerprint density at radius 3 is 2.32 bits per heavy atom. The SMILES string of the molecule is Cc1cc(Br)c(OCCCC(=O)C(=O)OCc2ccccc2)c(Br)c1. The van der Waals surface area contributed by atoms with Crippen LogP contribution in [0.25, 0.3) is 0 Å². The highest BCUT2D eigenvalue weighted by molar-refractivity contribution is 9.11. The number of hydrogen-bond donors (Lipinski definition) is 0. The van der Waals surface area contributed by atoms with Gasteiger partial charge < -0.3 is 9.47 Å². The lowest BCUT2D eigenvalue weighted by Gasteiger charge is -2.11. The van der Waals surface area contributed by atoms with Gasteiger partial charge in [-0.15, -0.1) is 0 Å². The van der Waals surface area contributed by atoms with E-state index in [0.717, 1.165) is 20.1 Å². The van der Waals surface area contributed by atoms with Crippen molar-refractivity contribution >= 4 is 43.6 Å². The summed E-state index contributed by atoms with van der Waals surface area (Å²) < 4.78 is 12.4. The summed E-state index contributed by atoms with van der Waals surface area (Å²) in [5.41, 5.74) is 1.95. The summed E-state index contributed by atoms with van der Waals surface area (Å²) in [6.45, 7) is 2.42. The average molecular weight is 470 g/mol. The number of ketones is 1. The first kappa shape index (κ1) is 19.7. The van der Waals surface area contributed by atoms with Gasteiger partial charge in [-0.1, -0.05) is 30.3 Å². The summed E-state index contributed by atoms with van der Waals surface area (Å²) >= 11 is 6.90. The molecule has 6 heteroatoms. The highest BCUT2D eigenvalue weighted by atomic mass is 79.9. The molecule has 0 spiro atoms. The van der Waals surface area contributed by atoms with Crippen LogP contribution in [0, 0.1) is 6.92 Å². The molecule has 0 N–H and O–H groups in total. The van der Waals surface area contributed by atoms with E-state index in [9.17, 15) is 9.59 Å². The number of halogens is 2. The Labute approximate surface area is 163 Å². The molecule has 0 amide bonds. The van der Waals surface area contributed by atoms with Crippen LogP contribution in [0.3, 0.4) is 0 Å². The van der Waals surface area contributed by atoms with Crippen molar-refractivity contribution in [3.8, 4) is 5.75 Å². The number of carbonyl (C=O) groups excluding carboxylic acids is 2. The third-order valence-corrected chi connectivity index (χ3v) is 4.56. The summed E-state index contributed by atoms with van der Waals surface area (Å²) in [4.78, 5) is 23.5. The number of Topliss-reactive ketones (excluding diaryl/α,β-unsaturated/α-hetero) is 1. The second kappa shape index (κ2) is 9.73. The molecular formula is C19H18Br2O4. The maximum Gasteiger partial charge on any atom is 0.374 e. The minimum Gasteiger partial charge on any atom is -0.491 e. The number of ether oxygens (including phenoxy) is 2. The van der Waals surface area contributed by atoms with Crippen molar-refractivity contribution in [1.82, 2.24) is 0 Å². The van der Waals surface area contributed by atoms with Gasteiger partial charge >= 0.3 is 5.97 Å². The smallest absolute Gasteiger partial charge is 0.374 e. The van der Waals surface area contributed by atoms with Crippen LogP contribution in [0.1, 0.15) is 24.0 Å². The van der Waals surface area contributed by atoms with Gasteiger partial charge in [0.1, 0.15) is 12.4 Å². The predicted octanol–water partition coefficient (Wildman–Crippen LogP) is 4.99. The van der Waals surface area contributed by atoms with Crippen molar-refractivity contribution in [1.29, 1.82) is 0 Å². The lowest BCUT2D eigenvalue weighted by molar-refractivity contribution is -0.154. The van der Waals surface area contributed by atoms with E-state index in [1.165, 1.54) is 0 Å². The zero-order valence-corrected chi connectivity index (χ0v) is 16.9. The molecule has 0 unspecified atom stereocenters. The van der Waals surface area contributed by atoms with Crippen LogP contribution in [0.15, 0.2) is 51.4 Å². The van der Waals surface area contributed by atoms with Gasteiger partial charge in [0, 0.05) is 6.42 Å². The Bertz CT molecular complexity index is 721. The molecule has 2 aromatic rings. The summed E-state index contributed by atoms with van der Waals surface area (Å²) in [7, 11) is 0. The van der Waals surface area contributed by atoms with Crippen molar-refractivity contribution in [3.05, 3.63) is 62.5 Å². The quantitative estimate of drug-likeness (QED) is 0.310. The van der Waals surface area contributed by atoms with Crippen LogP contribution in [0.5, 0.6) is 5.75 Å². The fourth-order valence-electron chi connectivity index (χ4n) is 2.14. The molecule has 0 radical (unpaired) electrons. The number of benzene rings is 2. The van der Waals surface area contributed by atoms with E-state index >= 15 is 0 Å². The van der Waals surface area contributed by atoms with Gasteiger partial charge in [-0.2, -0.15) is 0 Å². The number of rotatable bonds is 8. The van der Waals surface area contributed by atoms with Gasteiger partial charge in [-0.05, 0) is 68.5 Å². The van der Waals surface area contributed by atoms with Crippen molar-refractivity contribution in [3.63, 3.8) is 0 Å². The summed E-state index contributed by atoms with van der Waals surface area (Å²) in [6, 6.07) is 13.2. The van der Waals surface area contributed by atoms with E-state index in [2.05, 4.69) is 31.9 Å². The fraction of sp³-hybridized carbons (Fsp3) is 0.263. The Morgan fingerprint density at radius 2 is 1.68 bits per heavy atom. The highest BCUT2D eigenvalue weighted by Gasteiger charge is 2.15. The van der Waals surface area contributed by atoms with E-state index in [-0.39, 0.29) is 13.0 Å². The van der Waals surface area contributed by atoms with Gasteiger partial charge in [-0.3, -0.25) is 4.79 Å². The first-order valence-corrected chi connectivity index (χ1v) is 9.38. The summed E-state index contributed by atoms with van der Waals surface area (Å²) in [6.07, 6.45) is 0.529. The molecule has 0 bridgehead atoms. The molecule has 25 heavy (non-hydrogen) atoms. The molecule has 0 aliphatic rings. The molecule has 132 valence electrons. The zero-order chi connectivity index (χ0) is 18.2. The molecular weight excluding hydrogens is 452 g/mol. The van der Waals surface area contributed by atoms with Gasteiger partial charge in [0.05, 0.1) is 15.6 Å². The highest BCUT2D eigenvalue weighted by Crippen LogP contribution is 2.34. The van der Waals surface area contributed by atoms with E-state index in [1.54, 1.807) is 0 Å².